The molecule has 1 aromatic rings. The molecule has 0 saturated carbocycles. The molecule has 2 heteroatoms. The van der Waals surface area contributed by atoms with Crippen LogP contribution in [0, 0.1) is 0 Å². The van der Waals surface area contributed by atoms with Gasteiger partial charge in [0.1, 0.15) is 11.5 Å². The van der Waals surface area contributed by atoms with Gasteiger partial charge in [0.15, 0.2) is 0 Å². The molecule has 2 nitrogen and oxygen atoms in total. The summed E-state index contributed by atoms with van der Waals surface area (Å²) in [5, 5.41) is 0. The van der Waals surface area contributed by atoms with E-state index in [1.807, 2.05) is 6.92 Å². The van der Waals surface area contributed by atoms with E-state index in [1.165, 1.54) is 5.56 Å². The lowest BCUT2D eigenvalue weighted by Crippen LogP contribution is -2.09. The molecule has 1 aliphatic heterocycles. The molecule has 0 spiro atoms. The Bertz CT molecular complexity index is 421. The van der Waals surface area contributed by atoms with Gasteiger partial charge in [0.05, 0.1) is 13.2 Å². The summed E-state index contributed by atoms with van der Waals surface area (Å²) in [7, 11) is 0. The molecule has 0 bridgehead atoms. The van der Waals surface area contributed by atoms with E-state index in [1.54, 1.807) is 0 Å². The highest BCUT2D eigenvalue weighted by Gasteiger charge is 2.15. The summed E-state index contributed by atoms with van der Waals surface area (Å²) in [4.78, 5) is 0. The van der Waals surface area contributed by atoms with Crippen LogP contribution in [-0.4, -0.2) is 13.2 Å². The lowest BCUT2D eigenvalue weighted by molar-refractivity contribution is 0.284. The molecule has 2 rings (SSSR count). The van der Waals surface area contributed by atoms with Crippen molar-refractivity contribution < 1.29 is 9.47 Å². The highest BCUT2D eigenvalue weighted by molar-refractivity contribution is 5.69. The van der Waals surface area contributed by atoms with Gasteiger partial charge in [0.25, 0.3) is 0 Å². The van der Waals surface area contributed by atoms with Gasteiger partial charge in [-0.15, -0.1) is 0 Å². The van der Waals surface area contributed by atoms with Gasteiger partial charge in [-0.25, -0.2) is 0 Å². The van der Waals surface area contributed by atoms with Crippen LogP contribution in [0.4, 0.5) is 0 Å². The maximum atomic E-state index is 5.80. The van der Waals surface area contributed by atoms with Gasteiger partial charge in [-0.2, -0.15) is 0 Å². The zero-order valence-corrected chi connectivity index (χ0v) is 10.7. The summed E-state index contributed by atoms with van der Waals surface area (Å²) in [6.45, 7) is 9.69. The fourth-order valence-electron chi connectivity index (χ4n) is 2.04. The summed E-state index contributed by atoms with van der Waals surface area (Å²) in [5.74, 6) is 1.95. The minimum absolute atomic E-state index is 0.750. The fourth-order valence-corrected chi connectivity index (χ4v) is 2.04. The Labute approximate surface area is 103 Å². The molecular weight excluding hydrogens is 212 g/mol. The van der Waals surface area contributed by atoms with Crippen LogP contribution in [0.15, 0.2) is 18.7 Å². The molecule has 1 aromatic carbocycles. The molecule has 0 aliphatic carbocycles. The maximum Gasteiger partial charge on any atom is 0.127 e. The van der Waals surface area contributed by atoms with Crippen LogP contribution < -0.4 is 9.47 Å². The van der Waals surface area contributed by atoms with E-state index in [9.17, 15) is 0 Å². The van der Waals surface area contributed by atoms with Crippen LogP contribution in [0.1, 0.15) is 37.8 Å². The monoisotopic (exact) mass is 232 g/mol. The average Bonchev–Trinajstić information content (AvgIpc) is 2.35. The molecule has 0 amide bonds. The molecule has 1 aliphatic rings. The molecule has 0 unspecified atom stereocenters. The summed E-state index contributed by atoms with van der Waals surface area (Å²) in [6.07, 6.45) is 3.18. The lowest BCUT2D eigenvalue weighted by Gasteiger charge is -2.20. The van der Waals surface area contributed by atoms with Gasteiger partial charge >= 0.3 is 0 Å². The largest absolute Gasteiger partial charge is 0.493 e. The van der Waals surface area contributed by atoms with E-state index < -0.39 is 0 Å². The number of benzene rings is 1. The quantitative estimate of drug-likeness (QED) is 0.785. The van der Waals surface area contributed by atoms with E-state index in [4.69, 9.17) is 9.47 Å². The Balaban J connectivity index is 2.37. The van der Waals surface area contributed by atoms with Crippen molar-refractivity contribution in [3.05, 3.63) is 29.8 Å². The van der Waals surface area contributed by atoms with Crippen LogP contribution in [-0.2, 0) is 6.42 Å². The Morgan fingerprint density at radius 2 is 2.29 bits per heavy atom. The topological polar surface area (TPSA) is 18.5 Å². The van der Waals surface area contributed by atoms with Crippen LogP contribution in [0.2, 0.25) is 0 Å². The Morgan fingerprint density at radius 3 is 3.00 bits per heavy atom. The van der Waals surface area contributed by atoms with Gasteiger partial charge in [-0.3, -0.25) is 0 Å². The number of ether oxygens (including phenoxy) is 2. The van der Waals surface area contributed by atoms with E-state index in [0.29, 0.717) is 0 Å². The lowest BCUT2D eigenvalue weighted by atomic mass is 10.00. The van der Waals surface area contributed by atoms with Gasteiger partial charge in [0.2, 0.25) is 0 Å². The average molecular weight is 232 g/mol. The molecule has 17 heavy (non-hydrogen) atoms. The fraction of sp³-hybridized carbons (Fsp3) is 0.467. The molecular formula is C15H20O2. The van der Waals surface area contributed by atoms with E-state index in [2.05, 4.69) is 25.6 Å². The Morgan fingerprint density at radius 1 is 1.47 bits per heavy atom. The molecule has 0 N–H and O–H groups in total. The normalized spacial score (nSPS) is 13.8. The first-order valence-corrected chi connectivity index (χ1v) is 6.30. The number of hydrogen-bond donors (Lipinski definition) is 0. The van der Waals surface area contributed by atoms with E-state index in [-0.39, 0.29) is 0 Å². The smallest absolute Gasteiger partial charge is 0.127 e. The van der Waals surface area contributed by atoms with Gasteiger partial charge < -0.3 is 9.47 Å². The minimum atomic E-state index is 0.750. The zero-order valence-electron chi connectivity index (χ0n) is 10.7. The van der Waals surface area contributed by atoms with Crippen molar-refractivity contribution in [3.8, 4) is 11.5 Å². The summed E-state index contributed by atoms with van der Waals surface area (Å²) in [5.41, 5.74) is 3.35. The summed E-state index contributed by atoms with van der Waals surface area (Å²) >= 11 is 0. The first-order valence-electron chi connectivity index (χ1n) is 6.30. The summed E-state index contributed by atoms with van der Waals surface area (Å²) in [6, 6.07) is 4.19. The second-order valence-electron chi connectivity index (χ2n) is 4.54. The second-order valence-corrected chi connectivity index (χ2v) is 4.54. The predicted molar refractivity (Wildman–Crippen MR) is 70.8 cm³/mol. The summed E-state index contributed by atoms with van der Waals surface area (Å²) < 4.78 is 11.5. The minimum Gasteiger partial charge on any atom is -0.493 e. The molecule has 0 atom stereocenters. The van der Waals surface area contributed by atoms with Gasteiger partial charge in [0, 0.05) is 5.56 Å². The number of fused-ring (bicyclic) bond motifs is 1. The first-order chi connectivity index (χ1) is 8.22. The van der Waals surface area contributed by atoms with E-state index in [0.717, 1.165) is 55.1 Å². The van der Waals surface area contributed by atoms with Crippen molar-refractivity contribution in [3.63, 3.8) is 0 Å². The number of hydrogen-bond acceptors (Lipinski definition) is 2. The predicted octanol–water partition coefficient (Wildman–Crippen LogP) is 3.83. The standard InChI is InChI=1S/C15H20O2/c1-4-7-16-15-9-12-6-5-8-17-14(12)10-13(15)11(2)3/h9-10H,2,4-8H2,1,3H3. The van der Waals surface area contributed by atoms with Crippen LogP contribution in [0.5, 0.6) is 11.5 Å². The third-order valence-electron chi connectivity index (χ3n) is 2.93. The van der Waals surface area contributed by atoms with Gasteiger partial charge in [-0.1, -0.05) is 13.5 Å². The highest BCUT2D eigenvalue weighted by atomic mass is 16.5. The van der Waals surface area contributed by atoms with Crippen LogP contribution >= 0.6 is 0 Å². The zero-order chi connectivity index (χ0) is 12.3. The van der Waals surface area contributed by atoms with Crippen molar-refractivity contribution in [2.45, 2.75) is 33.1 Å². The number of rotatable bonds is 4. The van der Waals surface area contributed by atoms with Crippen LogP contribution in [0.3, 0.4) is 0 Å². The van der Waals surface area contributed by atoms with Crippen molar-refractivity contribution in [2.24, 2.45) is 0 Å². The third kappa shape index (κ3) is 2.63. The molecule has 0 saturated heterocycles. The maximum absolute atomic E-state index is 5.80. The Hall–Kier alpha value is -1.44. The van der Waals surface area contributed by atoms with Crippen molar-refractivity contribution in [1.82, 2.24) is 0 Å². The first kappa shape index (κ1) is 12.0. The van der Waals surface area contributed by atoms with Crippen LogP contribution in [0.25, 0.3) is 5.57 Å². The highest BCUT2D eigenvalue weighted by Crippen LogP contribution is 2.35. The SMILES string of the molecule is C=C(C)c1cc2c(cc1OCCC)CCCO2. The second kappa shape index (κ2) is 5.26. The van der Waals surface area contributed by atoms with Crippen molar-refractivity contribution in [1.29, 1.82) is 0 Å². The van der Waals surface area contributed by atoms with Crippen molar-refractivity contribution in [2.75, 3.05) is 13.2 Å². The molecule has 0 aromatic heterocycles. The molecule has 0 fully saturated rings. The van der Waals surface area contributed by atoms with Gasteiger partial charge in [-0.05, 0) is 49.5 Å². The number of allylic oxidation sites excluding steroid dienone is 1. The van der Waals surface area contributed by atoms with Crippen molar-refractivity contribution >= 4 is 5.57 Å². The molecule has 92 valence electrons. The third-order valence-corrected chi connectivity index (χ3v) is 2.93. The molecule has 1 heterocycles. The van der Waals surface area contributed by atoms with E-state index >= 15 is 0 Å². The molecule has 0 radical (unpaired) electrons. The number of aryl methyl sites for hydroxylation is 1. The Kier molecular flexibility index (Phi) is 3.72.